The minimum atomic E-state index is -0.111. The number of carbonyl (C=O) groups excluding carboxylic acids is 1. The van der Waals surface area contributed by atoms with E-state index in [4.69, 9.17) is 16.3 Å². The van der Waals surface area contributed by atoms with E-state index in [1.807, 2.05) is 16.5 Å². The number of likely N-dealkylation sites (N-methyl/N-ethyl adjacent to an activating group) is 1. The van der Waals surface area contributed by atoms with Gasteiger partial charge in [0.2, 0.25) is 11.7 Å². The van der Waals surface area contributed by atoms with Crippen LogP contribution in [0.3, 0.4) is 0 Å². The molecule has 5 heterocycles. The number of benzene rings is 1. The van der Waals surface area contributed by atoms with E-state index in [0.717, 1.165) is 49.4 Å². The number of rotatable bonds is 6. The minimum absolute atomic E-state index is 0.0818. The van der Waals surface area contributed by atoms with Crippen molar-refractivity contribution >= 4 is 56.6 Å². The highest BCUT2D eigenvalue weighted by molar-refractivity contribution is 7.99. The Balaban J connectivity index is 1.42. The fourth-order valence-electron chi connectivity index (χ4n) is 4.81. The number of ether oxygens (including phenoxy) is 1. The Morgan fingerprint density at radius 3 is 2.92 bits per heavy atom. The number of aromatic nitrogens is 4. The molecule has 9 nitrogen and oxygen atoms in total. The predicted octanol–water partition coefficient (Wildman–Crippen LogP) is 3.12. The summed E-state index contributed by atoms with van der Waals surface area (Å²) >= 11 is 9.04. The first-order valence-electron chi connectivity index (χ1n) is 11.9. The van der Waals surface area contributed by atoms with E-state index in [0.29, 0.717) is 33.6 Å². The first-order valence-corrected chi connectivity index (χ1v) is 14.1. The molecule has 0 radical (unpaired) electrons. The van der Waals surface area contributed by atoms with Crippen LogP contribution in [0, 0.1) is 0 Å². The first-order chi connectivity index (χ1) is 17.5. The molecule has 1 amide bonds. The monoisotopic (exact) mass is 544 g/mol. The minimum Gasteiger partial charge on any atom is -0.376 e. The van der Waals surface area contributed by atoms with Crippen molar-refractivity contribution in [3.63, 3.8) is 0 Å². The molecular weight excluding hydrogens is 520 g/mol. The second-order valence-corrected chi connectivity index (χ2v) is 11.6. The zero-order valence-electron chi connectivity index (χ0n) is 19.7. The molecule has 12 heteroatoms. The van der Waals surface area contributed by atoms with Crippen LogP contribution >= 0.6 is 34.7 Å². The number of hydrogen-bond acceptors (Lipinski definition) is 8. The van der Waals surface area contributed by atoms with Crippen LogP contribution in [0.2, 0.25) is 5.02 Å². The van der Waals surface area contributed by atoms with Crippen molar-refractivity contribution in [2.24, 2.45) is 0 Å². The lowest BCUT2D eigenvalue weighted by Gasteiger charge is -2.21. The van der Waals surface area contributed by atoms with Crippen molar-refractivity contribution in [3.8, 4) is 5.69 Å². The zero-order chi connectivity index (χ0) is 24.8. The molecule has 2 aliphatic heterocycles. The Hall–Kier alpha value is -2.44. The van der Waals surface area contributed by atoms with Crippen LogP contribution in [0.25, 0.3) is 21.7 Å². The van der Waals surface area contributed by atoms with E-state index in [2.05, 4.69) is 27.5 Å². The molecule has 4 aromatic rings. The second-order valence-electron chi connectivity index (χ2n) is 9.13. The number of nitrogens with zero attached hydrogens (tertiary/aromatic N) is 5. The third-order valence-corrected chi connectivity index (χ3v) is 9.02. The molecule has 3 aromatic heterocycles. The number of nitrogens with one attached hydrogen (secondary N) is 1. The van der Waals surface area contributed by atoms with Crippen LogP contribution in [0.5, 0.6) is 0 Å². The van der Waals surface area contributed by atoms with Crippen molar-refractivity contribution in [1.29, 1.82) is 0 Å². The highest BCUT2D eigenvalue weighted by atomic mass is 35.5. The van der Waals surface area contributed by atoms with Gasteiger partial charge in [0.05, 0.1) is 22.9 Å². The molecule has 188 valence electrons. The molecule has 1 saturated heterocycles. The molecule has 1 N–H and O–H groups in total. The summed E-state index contributed by atoms with van der Waals surface area (Å²) < 4.78 is 9.11. The maximum absolute atomic E-state index is 13.9. The third kappa shape index (κ3) is 4.32. The van der Waals surface area contributed by atoms with Gasteiger partial charge in [0.15, 0.2) is 5.16 Å². The smallest absolute Gasteiger partial charge is 0.268 e. The van der Waals surface area contributed by atoms with E-state index in [9.17, 15) is 9.59 Å². The highest BCUT2D eigenvalue weighted by Gasteiger charge is 2.27. The quantitative estimate of drug-likeness (QED) is 0.373. The summed E-state index contributed by atoms with van der Waals surface area (Å²) in [5, 5.41) is 13.6. The molecule has 0 spiro atoms. The fraction of sp³-hybridized carbons (Fsp3) is 0.417. The summed E-state index contributed by atoms with van der Waals surface area (Å²) in [5.74, 6) is 0.536. The molecule has 6 rings (SSSR count). The molecule has 1 unspecified atom stereocenters. The van der Waals surface area contributed by atoms with Gasteiger partial charge in [0.1, 0.15) is 4.83 Å². The molecule has 0 bridgehead atoms. The zero-order valence-corrected chi connectivity index (χ0v) is 22.1. The van der Waals surface area contributed by atoms with E-state index in [1.165, 1.54) is 16.6 Å². The lowest BCUT2D eigenvalue weighted by Crippen LogP contribution is -2.32. The van der Waals surface area contributed by atoms with Gasteiger partial charge in [-0.15, -0.1) is 21.5 Å². The van der Waals surface area contributed by atoms with Gasteiger partial charge in [-0.3, -0.25) is 9.59 Å². The SMILES string of the molecule is CN1CCc2c(sc3c2c(=O)n(-c2ccc(Cl)cc2)c2nnc(SCC(=O)NCC4CCCO4)n32)C1. The summed E-state index contributed by atoms with van der Waals surface area (Å²) in [4.78, 5) is 30.7. The van der Waals surface area contributed by atoms with Crippen molar-refractivity contribution in [2.45, 2.75) is 37.1 Å². The number of thiophene rings is 1. The molecule has 1 fully saturated rings. The molecule has 2 aliphatic rings. The molecule has 0 saturated carbocycles. The van der Waals surface area contributed by atoms with Crippen LogP contribution in [-0.4, -0.2) is 68.6 Å². The standard InChI is InChI=1S/C24H25ClN6O3S2/c1-29-9-8-17-18(12-29)36-22-20(17)21(33)30(15-6-4-14(25)5-7-15)23-27-28-24(31(22)23)35-13-19(32)26-11-16-3-2-10-34-16/h4-7,16H,2-3,8-13H2,1H3,(H,26,32). The van der Waals surface area contributed by atoms with Crippen molar-refractivity contribution < 1.29 is 9.53 Å². The Kier molecular flexibility index (Phi) is 6.51. The molecule has 36 heavy (non-hydrogen) atoms. The van der Waals surface area contributed by atoms with Gasteiger partial charge in [0, 0.05) is 36.1 Å². The normalized spacial score (nSPS) is 18.2. The van der Waals surface area contributed by atoms with Gasteiger partial charge in [-0.25, -0.2) is 8.97 Å². The number of fused-ring (bicyclic) bond motifs is 5. The molecular formula is C24H25ClN6O3S2. The van der Waals surface area contributed by atoms with Crippen LogP contribution < -0.4 is 10.9 Å². The third-order valence-electron chi connectivity index (χ3n) is 6.63. The fourth-order valence-corrected chi connectivity index (χ4v) is 7.18. The van der Waals surface area contributed by atoms with E-state index < -0.39 is 0 Å². The van der Waals surface area contributed by atoms with E-state index >= 15 is 0 Å². The van der Waals surface area contributed by atoms with Gasteiger partial charge in [-0.2, -0.15) is 0 Å². The van der Waals surface area contributed by atoms with Gasteiger partial charge in [-0.1, -0.05) is 23.4 Å². The van der Waals surface area contributed by atoms with Crippen molar-refractivity contribution in [2.75, 3.05) is 32.5 Å². The molecule has 1 aromatic carbocycles. The van der Waals surface area contributed by atoms with Gasteiger partial charge in [0.25, 0.3) is 5.56 Å². The highest BCUT2D eigenvalue weighted by Crippen LogP contribution is 2.35. The lowest BCUT2D eigenvalue weighted by molar-refractivity contribution is -0.119. The summed E-state index contributed by atoms with van der Waals surface area (Å²) in [7, 11) is 2.09. The molecule has 1 atom stereocenters. The van der Waals surface area contributed by atoms with Crippen LogP contribution in [-0.2, 0) is 22.5 Å². The van der Waals surface area contributed by atoms with Crippen LogP contribution in [0.4, 0.5) is 0 Å². The van der Waals surface area contributed by atoms with Gasteiger partial charge < -0.3 is 15.0 Å². The Bertz CT molecular complexity index is 1510. The number of thioether (sulfide) groups is 1. The van der Waals surface area contributed by atoms with Gasteiger partial charge >= 0.3 is 0 Å². The number of hydrogen-bond donors (Lipinski definition) is 1. The first kappa shape index (κ1) is 23.9. The molecule has 0 aliphatic carbocycles. The van der Waals surface area contributed by atoms with Crippen LogP contribution in [0.1, 0.15) is 23.3 Å². The van der Waals surface area contributed by atoms with Gasteiger partial charge in [-0.05, 0) is 56.1 Å². The Morgan fingerprint density at radius 1 is 1.31 bits per heavy atom. The predicted molar refractivity (Wildman–Crippen MR) is 142 cm³/mol. The Labute approximate surface area is 220 Å². The number of carbonyl (C=O) groups is 1. The number of amides is 1. The maximum Gasteiger partial charge on any atom is 0.268 e. The Morgan fingerprint density at radius 2 is 2.14 bits per heavy atom. The average Bonchev–Trinajstić information content (AvgIpc) is 3.61. The summed E-state index contributed by atoms with van der Waals surface area (Å²) in [6.07, 6.45) is 2.91. The lowest BCUT2D eigenvalue weighted by atomic mass is 10.1. The average molecular weight is 545 g/mol. The largest absolute Gasteiger partial charge is 0.376 e. The maximum atomic E-state index is 13.9. The van der Waals surface area contributed by atoms with Crippen LogP contribution in [0.15, 0.2) is 34.2 Å². The van der Waals surface area contributed by atoms with Crippen molar-refractivity contribution in [1.82, 2.24) is 29.4 Å². The van der Waals surface area contributed by atoms with E-state index in [-0.39, 0.29) is 23.3 Å². The summed E-state index contributed by atoms with van der Waals surface area (Å²) in [6.45, 7) is 2.97. The van der Waals surface area contributed by atoms with Crippen molar-refractivity contribution in [3.05, 3.63) is 50.1 Å². The topological polar surface area (TPSA) is 93.8 Å². The van der Waals surface area contributed by atoms with E-state index in [1.54, 1.807) is 28.0 Å². The summed E-state index contributed by atoms with van der Waals surface area (Å²) in [6, 6.07) is 7.13. The second kappa shape index (κ2) is 9.79. The number of halogens is 1. The summed E-state index contributed by atoms with van der Waals surface area (Å²) in [5.41, 5.74) is 1.66.